The Morgan fingerprint density at radius 3 is 2.31 bits per heavy atom. The Morgan fingerprint density at radius 1 is 1.19 bits per heavy atom. The molecule has 0 saturated heterocycles. The molecule has 0 saturated carbocycles. The molecule has 0 aromatic heterocycles. The summed E-state index contributed by atoms with van der Waals surface area (Å²) in [5, 5.41) is 9.84. The van der Waals surface area contributed by atoms with Gasteiger partial charge in [0.25, 0.3) is 0 Å². The van der Waals surface area contributed by atoms with E-state index in [9.17, 15) is 5.11 Å². The molecule has 1 rings (SSSR count). The maximum atomic E-state index is 9.84. The number of hydrogen-bond donors (Lipinski definition) is 1. The Labute approximate surface area is 98.8 Å². The van der Waals surface area contributed by atoms with Gasteiger partial charge in [0.2, 0.25) is 0 Å². The summed E-state index contributed by atoms with van der Waals surface area (Å²) >= 11 is 0. The van der Waals surface area contributed by atoms with Crippen molar-refractivity contribution in [2.75, 3.05) is 0 Å². The van der Waals surface area contributed by atoms with Crippen LogP contribution in [0.3, 0.4) is 0 Å². The van der Waals surface area contributed by atoms with Crippen molar-refractivity contribution in [3.63, 3.8) is 0 Å². The normalized spacial score (nSPS) is 13.6. The third kappa shape index (κ3) is 4.19. The second-order valence-corrected chi connectivity index (χ2v) is 4.62. The van der Waals surface area contributed by atoms with Gasteiger partial charge >= 0.3 is 0 Å². The van der Waals surface area contributed by atoms with Gasteiger partial charge < -0.3 is 5.11 Å². The van der Waals surface area contributed by atoms with Crippen LogP contribution in [0.2, 0.25) is 0 Å². The maximum Gasteiger partial charge on any atom is 0.0971 e. The van der Waals surface area contributed by atoms with Crippen molar-refractivity contribution in [2.24, 2.45) is 5.92 Å². The van der Waals surface area contributed by atoms with Crippen molar-refractivity contribution in [2.45, 2.75) is 39.7 Å². The van der Waals surface area contributed by atoms with Crippen LogP contribution in [0, 0.1) is 5.92 Å². The van der Waals surface area contributed by atoms with E-state index in [-0.39, 0.29) is 0 Å². The first-order valence-corrected chi connectivity index (χ1v) is 6.07. The van der Waals surface area contributed by atoms with Crippen molar-refractivity contribution >= 4 is 0 Å². The van der Waals surface area contributed by atoms with Crippen LogP contribution in [-0.4, -0.2) is 5.11 Å². The average Bonchev–Trinajstić information content (AvgIpc) is 2.26. The van der Waals surface area contributed by atoms with Crippen molar-refractivity contribution in [1.29, 1.82) is 0 Å². The topological polar surface area (TPSA) is 20.2 Å². The molecule has 1 nitrogen and oxygen atoms in total. The first kappa shape index (κ1) is 13.0. The quantitative estimate of drug-likeness (QED) is 0.743. The van der Waals surface area contributed by atoms with Gasteiger partial charge in [0.15, 0.2) is 0 Å². The van der Waals surface area contributed by atoms with E-state index < -0.39 is 6.10 Å². The van der Waals surface area contributed by atoms with E-state index >= 15 is 0 Å². The lowest BCUT2D eigenvalue weighted by atomic mass is 10.00. The third-order valence-electron chi connectivity index (χ3n) is 2.52. The number of aliphatic hydroxyl groups excluding tert-OH is 1. The predicted octanol–water partition coefficient (Wildman–Crippen LogP) is 3.88. The zero-order chi connectivity index (χ0) is 12.0. The summed E-state index contributed by atoms with van der Waals surface area (Å²) in [6.45, 7) is 6.49. The molecule has 1 aromatic rings. The van der Waals surface area contributed by atoms with E-state index in [0.29, 0.717) is 5.92 Å². The average molecular weight is 218 g/mol. The molecule has 0 fully saturated rings. The highest BCUT2D eigenvalue weighted by Gasteiger charge is 2.03. The van der Waals surface area contributed by atoms with E-state index in [1.54, 1.807) is 0 Å². The van der Waals surface area contributed by atoms with Crippen LogP contribution in [0.25, 0.3) is 0 Å². The van der Waals surface area contributed by atoms with Gasteiger partial charge in [0.1, 0.15) is 0 Å². The molecule has 1 aromatic carbocycles. The summed E-state index contributed by atoms with van der Waals surface area (Å²) in [6.07, 6.45) is 5.43. The molecule has 0 spiro atoms. The lowest BCUT2D eigenvalue weighted by molar-refractivity contribution is 0.228. The molecule has 88 valence electrons. The number of benzene rings is 1. The largest absolute Gasteiger partial charge is 0.384 e. The van der Waals surface area contributed by atoms with E-state index in [2.05, 4.69) is 32.9 Å². The van der Waals surface area contributed by atoms with Crippen LogP contribution < -0.4 is 0 Å². The number of hydrogen-bond acceptors (Lipinski definition) is 1. The lowest BCUT2D eigenvalue weighted by Gasteiger charge is -2.08. The third-order valence-corrected chi connectivity index (χ3v) is 2.52. The first-order chi connectivity index (χ1) is 7.63. The molecule has 1 atom stereocenters. The van der Waals surface area contributed by atoms with E-state index in [0.717, 1.165) is 18.4 Å². The number of aliphatic hydroxyl groups is 1. The lowest BCUT2D eigenvalue weighted by Crippen LogP contribution is -1.96. The molecule has 0 bridgehead atoms. The molecule has 0 radical (unpaired) electrons. The minimum atomic E-state index is -0.465. The minimum absolute atomic E-state index is 0.465. The molecular formula is C15H22O. The molecule has 0 amide bonds. The summed E-state index contributed by atoms with van der Waals surface area (Å²) in [6, 6.07) is 8.25. The first-order valence-electron chi connectivity index (χ1n) is 6.07. The van der Waals surface area contributed by atoms with Crippen LogP contribution in [-0.2, 0) is 6.42 Å². The molecule has 0 heterocycles. The Kier molecular flexibility index (Phi) is 5.27. The molecule has 0 aliphatic carbocycles. The monoisotopic (exact) mass is 218 g/mol. The van der Waals surface area contributed by atoms with Crippen LogP contribution >= 0.6 is 0 Å². The number of allylic oxidation sites excluding steroid dienone is 1. The molecule has 1 N–H and O–H groups in total. The molecule has 0 aliphatic rings. The van der Waals surface area contributed by atoms with Crippen LogP contribution in [0.15, 0.2) is 36.4 Å². The Hall–Kier alpha value is -1.08. The molecule has 1 heteroatoms. The van der Waals surface area contributed by atoms with E-state index in [4.69, 9.17) is 0 Å². The van der Waals surface area contributed by atoms with E-state index in [1.165, 1.54) is 5.56 Å². The fourth-order valence-electron chi connectivity index (χ4n) is 1.70. The van der Waals surface area contributed by atoms with Gasteiger partial charge in [-0.1, -0.05) is 57.2 Å². The fourth-order valence-corrected chi connectivity index (χ4v) is 1.70. The maximum absolute atomic E-state index is 9.84. The van der Waals surface area contributed by atoms with E-state index in [1.807, 2.05) is 24.3 Å². The fraction of sp³-hybridized carbons (Fsp3) is 0.467. The molecule has 16 heavy (non-hydrogen) atoms. The summed E-state index contributed by atoms with van der Waals surface area (Å²) in [5.74, 6) is 0.677. The number of rotatable bonds is 5. The minimum Gasteiger partial charge on any atom is -0.384 e. The Bertz CT molecular complexity index is 322. The highest BCUT2D eigenvalue weighted by atomic mass is 16.3. The van der Waals surface area contributed by atoms with Gasteiger partial charge in [-0.2, -0.15) is 0 Å². The van der Waals surface area contributed by atoms with Gasteiger partial charge in [0, 0.05) is 0 Å². The highest BCUT2D eigenvalue weighted by molar-refractivity contribution is 5.26. The van der Waals surface area contributed by atoms with Gasteiger partial charge in [-0.15, -0.1) is 0 Å². The summed E-state index contributed by atoms with van der Waals surface area (Å²) in [5.41, 5.74) is 2.31. The highest BCUT2D eigenvalue weighted by Crippen LogP contribution is 2.16. The van der Waals surface area contributed by atoms with Gasteiger partial charge in [-0.05, 0) is 29.9 Å². The summed E-state index contributed by atoms with van der Waals surface area (Å²) < 4.78 is 0. The second kappa shape index (κ2) is 6.49. The van der Waals surface area contributed by atoms with Crippen molar-refractivity contribution < 1.29 is 5.11 Å². The Morgan fingerprint density at radius 2 is 1.81 bits per heavy atom. The van der Waals surface area contributed by atoms with Crippen molar-refractivity contribution in [1.82, 2.24) is 0 Å². The van der Waals surface area contributed by atoms with Gasteiger partial charge in [0.05, 0.1) is 6.10 Å². The smallest absolute Gasteiger partial charge is 0.0971 e. The summed E-state index contributed by atoms with van der Waals surface area (Å²) in [4.78, 5) is 0. The Balaban J connectivity index is 2.67. The van der Waals surface area contributed by atoms with Crippen molar-refractivity contribution in [3.05, 3.63) is 47.5 Å². The standard InChI is InChI=1S/C15H22O/c1-4-5-6-15(16)14-9-7-13(8-10-14)11-12(2)3/h5-10,12,15-16H,4,11H2,1-3H3. The van der Waals surface area contributed by atoms with Crippen molar-refractivity contribution in [3.8, 4) is 0 Å². The zero-order valence-electron chi connectivity index (χ0n) is 10.5. The second-order valence-electron chi connectivity index (χ2n) is 4.62. The molecular weight excluding hydrogens is 196 g/mol. The van der Waals surface area contributed by atoms with Crippen LogP contribution in [0.5, 0.6) is 0 Å². The van der Waals surface area contributed by atoms with Crippen LogP contribution in [0.4, 0.5) is 0 Å². The molecule has 0 aliphatic heterocycles. The zero-order valence-corrected chi connectivity index (χ0v) is 10.5. The van der Waals surface area contributed by atoms with Gasteiger partial charge in [-0.3, -0.25) is 0 Å². The molecule has 1 unspecified atom stereocenters. The SMILES string of the molecule is CCC=CC(O)c1ccc(CC(C)C)cc1. The van der Waals surface area contributed by atoms with Gasteiger partial charge in [-0.25, -0.2) is 0 Å². The predicted molar refractivity (Wildman–Crippen MR) is 69.4 cm³/mol. The summed E-state index contributed by atoms with van der Waals surface area (Å²) in [7, 11) is 0. The van der Waals surface area contributed by atoms with Crippen LogP contribution in [0.1, 0.15) is 44.4 Å².